The van der Waals surface area contributed by atoms with Gasteiger partial charge in [-0.3, -0.25) is 4.79 Å². The van der Waals surface area contributed by atoms with Crippen LogP contribution in [0.5, 0.6) is 0 Å². The van der Waals surface area contributed by atoms with E-state index in [4.69, 9.17) is 36.4 Å². The smallest absolute Gasteiger partial charge is 0.311 e. The Labute approximate surface area is 310 Å². The summed E-state index contributed by atoms with van der Waals surface area (Å²) in [6, 6.07) is 32.3. The van der Waals surface area contributed by atoms with Crippen molar-refractivity contribution in [2.45, 2.75) is 37.8 Å². The minimum atomic E-state index is -0.966. The number of carbonyl (C=O) groups excluding carboxylic acids is 1. The summed E-state index contributed by atoms with van der Waals surface area (Å²) in [5, 5.41) is 6.77. The lowest BCUT2D eigenvalue weighted by atomic mass is 9.61. The van der Waals surface area contributed by atoms with Crippen LogP contribution in [-0.4, -0.2) is 41.9 Å². The molecule has 4 aliphatic rings. The Balaban J connectivity index is 1.21. The molecule has 264 valence electrons. The van der Waals surface area contributed by atoms with Gasteiger partial charge in [-0.05, 0) is 72.6 Å². The number of nitrogens with zero attached hydrogens (tertiary/aromatic N) is 6. The second-order valence-electron chi connectivity index (χ2n) is 14.6. The van der Waals surface area contributed by atoms with Crippen LogP contribution in [0.1, 0.15) is 48.9 Å². The fourth-order valence-corrected chi connectivity index (χ4v) is 10.1. The molecule has 8 nitrogen and oxygen atoms in total. The minimum Gasteiger partial charge on any atom is -0.466 e. The fraction of sp³-hybridized carbons (Fsp3) is 0.279. The van der Waals surface area contributed by atoms with Gasteiger partial charge in [-0.1, -0.05) is 103 Å². The first-order valence-electron chi connectivity index (χ1n) is 18.4. The first kappa shape index (κ1) is 32.3. The molecule has 4 aromatic heterocycles. The molecule has 4 heterocycles. The highest BCUT2D eigenvalue weighted by Gasteiger charge is 2.64. The van der Waals surface area contributed by atoms with Crippen LogP contribution in [-0.2, 0) is 15.1 Å². The third-order valence-corrected chi connectivity index (χ3v) is 12.3. The molecule has 0 radical (unpaired) electrons. The van der Waals surface area contributed by atoms with E-state index in [1.54, 1.807) is 6.20 Å². The number of hydrogen-bond acceptors (Lipinski definition) is 6. The van der Waals surface area contributed by atoms with Gasteiger partial charge < -0.3 is 9.30 Å². The zero-order chi connectivity index (χ0) is 35.8. The molecule has 7 aromatic rings. The van der Waals surface area contributed by atoms with Crippen molar-refractivity contribution in [3.63, 3.8) is 0 Å². The quantitative estimate of drug-likeness (QED) is 0.115. The highest BCUT2D eigenvalue weighted by atomic mass is 35.5. The summed E-state index contributed by atoms with van der Waals surface area (Å²) in [7, 11) is 0. The summed E-state index contributed by atoms with van der Waals surface area (Å²) in [6.45, 7) is 2.15. The van der Waals surface area contributed by atoms with Crippen LogP contribution in [0.2, 0.25) is 5.02 Å². The molecule has 11 rings (SSSR count). The lowest BCUT2D eigenvalue weighted by Gasteiger charge is -2.47. The van der Waals surface area contributed by atoms with E-state index in [2.05, 4.69) is 36.4 Å². The molecular formula is C43H36ClFN6O2. The maximum Gasteiger partial charge on any atom is 0.311 e. The summed E-state index contributed by atoms with van der Waals surface area (Å²) in [6.07, 6.45) is 7.79. The highest BCUT2D eigenvalue weighted by Crippen LogP contribution is 2.67. The van der Waals surface area contributed by atoms with E-state index in [0.29, 0.717) is 57.1 Å². The topological polar surface area (TPSA) is 87.7 Å². The van der Waals surface area contributed by atoms with Gasteiger partial charge in [-0.15, -0.1) is 0 Å². The number of halogens is 2. The Morgan fingerprint density at radius 1 is 0.830 bits per heavy atom. The number of fused-ring (bicyclic) bond motifs is 4. The summed E-state index contributed by atoms with van der Waals surface area (Å²) in [4.78, 5) is 28.4. The summed E-state index contributed by atoms with van der Waals surface area (Å²) >= 11 is 6.67. The summed E-state index contributed by atoms with van der Waals surface area (Å²) in [5.74, 6) is 0.912. The lowest BCUT2D eigenvalue weighted by Crippen LogP contribution is -2.47. The van der Waals surface area contributed by atoms with Gasteiger partial charge in [0.1, 0.15) is 16.9 Å². The molecule has 3 aromatic carbocycles. The molecule has 4 aliphatic carbocycles. The Morgan fingerprint density at radius 3 is 2.09 bits per heavy atom. The molecule has 0 spiro atoms. The number of rotatable bonds is 8. The first-order chi connectivity index (χ1) is 26.0. The highest BCUT2D eigenvalue weighted by molar-refractivity contribution is 6.31. The van der Waals surface area contributed by atoms with Crippen molar-refractivity contribution in [2.75, 3.05) is 6.61 Å². The van der Waals surface area contributed by atoms with Crippen LogP contribution in [0.25, 0.3) is 33.6 Å². The third-order valence-electron chi connectivity index (χ3n) is 12.1. The number of hydrogen-bond donors (Lipinski definition) is 0. The van der Waals surface area contributed by atoms with Crippen LogP contribution in [0.15, 0.2) is 116 Å². The fourth-order valence-electron chi connectivity index (χ4n) is 9.97. The van der Waals surface area contributed by atoms with Crippen LogP contribution >= 0.6 is 11.6 Å². The predicted molar refractivity (Wildman–Crippen MR) is 201 cm³/mol. The van der Waals surface area contributed by atoms with Crippen molar-refractivity contribution >= 4 is 39.6 Å². The SMILES string of the molecule is CCOC(=O)[C@H]1[C@H]2CC[C@H]([C@H]3C[C@H]32)[C@@H]1n1cc(F)c2cnc(-c3nn(C(c4ccccc4)(c4ccccc4)c4ccccc4)c4ncc(Cl)cc34)nc21. The maximum absolute atomic E-state index is 15.9. The minimum absolute atomic E-state index is 0.196. The average molecular weight is 723 g/mol. The van der Waals surface area contributed by atoms with E-state index < -0.39 is 11.4 Å². The standard InChI is InChI=1S/C43H36ClFN6O2/c1-2-53-42(52)36-29-18-19-30(32-21-31(29)32)38(36)50-24-35(45)34-23-46-39(48-41(34)50)37-33-20-28(44)22-47-40(33)51(49-37)43(25-12-6-3-7-13-25,26-14-8-4-9-15-26)27-16-10-5-11-17-27/h3-17,20,22-24,29-32,36,38H,2,18-19,21H2,1H3/t29-,30+,31-,32+,36-,38-/m0/s1. The molecule has 0 aliphatic heterocycles. The average Bonchev–Trinajstić information content (AvgIpc) is 3.87. The Hall–Kier alpha value is -5.41. The normalized spacial score (nSPS) is 23.3. The predicted octanol–water partition coefficient (Wildman–Crippen LogP) is 8.87. The molecular weight excluding hydrogens is 687 g/mol. The molecule has 2 bridgehead atoms. The van der Waals surface area contributed by atoms with E-state index in [1.807, 2.05) is 76.8 Å². The van der Waals surface area contributed by atoms with Gasteiger partial charge in [-0.2, -0.15) is 5.10 Å². The van der Waals surface area contributed by atoms with Gasteiger partial charge in [0.05, 0.1) is 34.4 Å². The van der Waals surface area contributed by atoms with E-state index in [9.17, 15) is 4.79 Å². The van der Waals surface area contributed by atoms with E-state index >= 15 is 4.39 Å². The van der Waals surface area contributed by atoms with Gasteiger partial charge in [-0.25, -0.2) is 24.0 Å². The molecule has 0 amide bonds. The van der Waals surface area contributed by atoms with Crippen molar-refractivity contribution in [3.8, 4) is 11.5 Å². The monoisotopic (exact) mass is 722 g/mol. The lowest BCUT2D eigenvalue weighted by molar-refractivity contribution is -0.158. The van der Waals surface area contributed by atoms with Gasteiger partial charge >= 0.3 is 5.97 Å². The largest absolute Gasteiger partial charge is 0.466 e. The van der Waals surface area contributed by atoms with Crippen molar-refractivity contribution in [3.05, 3.63) is 143 Å². The number of esters is 1. The van der Waals surface area contributed by atoms with Crippen LogP contribution in [0.3, 0.4) is 0 Å². The van der Waals surface area contributed by atoms with Gasteiger partial charge in [0, 0.05) is 18.6 Å². The second kappa shape index (κ2) is 12.3. The molecule has 53 heavy (non-hydrogen) atoms. The van der Waals surface area contributed by atoms with Crippen molar-refractivity contribution in [1.29, 1.82) is 0 Å². The number of pyridine rings is 1. The zero-order valence-electron chi connectivity index (χ0n) is 29.0. The summed E-state index contributed by atoms with van der Waals surface area (Å²) < 4.78 is 25.4. The van der Waals surface area contributed by atoms with Gasteiger partial charge in [0.15, 0.2) is 17.3 Å². The van der Waals surface area contributed by atoms with Crippen molar-refractivity contribution in [1.82, 2.24) is 29.3 Å². The Morgan fingerprint density at radius 2 is 1.45 bits per heavy atom. The number of benzene rings is 3. The van der Waals surface area contributed by atoms with E-state index in [-0.39, 0.29) is 29.8 Å². The number of aromatic nitrogens is 6. The molecule has 6 atom stereocenters. The van der Waals surface area contributed by atoms with Crippen LogP contribution in [0, 0.1) is 35.4 Å². The van der Waals surface area contributed by atoms with Crippen molar-refractivity contribution in [2.24, 2.45) is 29.6 Å². The van der Waals surface area contributed by atoms with Crippen LogP contribution in [0.4, 0.5) is 4.39 Å². The maximum atomic E-state index is 15.9. The zero-order valence-corrected chi connectivity index (χ0v) is 29.8. The molecule has 10 heteroatoms. The van der Waals surface area contributed by atoms with E-state index in [1.165, 1.54) is 12.4 Å². The first-order valence-corrected chi connectivity index (χ1v) is 18.8. The van der Waals surface area contributed by atoms with Crippen LogP contribution < -0.4 is 0 Å². The van der Waals surface area contributed by atoms with Gasteiger partial charge in [0.25, 0.3) is 0 Å². The van der Waals surface area contributed by atoms with Crippen molar-refractivity contribution < 1.29 is 13.9 Å². The Kier molecular flexibility index (Phi) is 7.51. The van der Waals surface area contributed by atoms with E-state index in [0.717, 1.165) is 36.0 Å². The molecule has 0 N–H and O–H groups in total. The van der Waals surface area contributed by atoms with Gasteiger partial charge in [0.2, 0.25) is 0 Å². The molecule has 0 saturated heterocycles. The molecule has 4 saturated carbocycles. The molecule has 4 fully saturated rings. The Bertz CT molecular complexity index is 2410. The summed E-state index contributed by atoms with van der Waals surface area (Å²) in [5.41, 5.74) is 3.46. The number of ether oxygens (including phenoxy) is 1. The number of carbonyl (C=O) groups is 1. The molecule has 0 unspecified atom stereocenters. The second-order valence-corrected chi connectivity index (χ2v) is 15.1. The third kappa shape index (κ3) is 4.82.